The van der Waals surface area contributed by atoms with Crippen molar-refractivity contribution in [2.24, 2.45) is 4.99 Å². The Morgan fingerprint density at radius 3 is 2.75 bits per heavy atom. The second kappa shape index (κ2) is 9.83. The van der Waals surface area contributed by atoms with Crippen LogP contribution in [0.5, 0.6) is 11.5 Å². The van der Waals surface area contributed by atoms with Crippen molar-refractivity contribution >= 4 is 38.8 Å². The highest BCUT2D eigenvalue weighted by molar-refractivity contribution is 9.10. The standard InChI is InChI=1S/C24H23BrN2O4S/c1-4-30-23(28)20-15(2)26-24-27(10-11-32-24)21(20)17-12-18(25)22(19(13-17)29-3)31-14-16-8-6-5-7-9-16/h5-13,21H,4,14H2,1-3H3/t21-/m0/s1. The van der Waals surface area contributed by atoms with Crippen molar-refractivity contribution in [2.45, 2.75) is 26.5 Å². The highest BCUT2D eigenvalue weighted by Crippen LogP contribution is 2.45. The average molecular weight is 515 g/mol. The molecule has 0 aliphatic carbocycles. The summed E-state index contributed by atoms with van der Waals surface area (Å²) in [6.45, 7) is 4.34. The summed E-state index contributed by atoms with van der Waals surface area (Å²) >= 11 is 5.17. The van der Waals surface area contributed by atoms with E-state index >= 15 is 0 Å². The van der Waals surface area contributed by atoms with Gasteiger partial charge < -0.3 is 19.1 Å². The zero-order valence-corrected chi connectivity index (χ0v) is 20.4. The summed E-state index contributed by atoms with van der Waals surface area (Å²) in [5.74, 6) is 0.809. The maximum absolute atomic E-state index is 12.9. The van der Waals surface area contributed by atoms with Gasteiger partial charge in [-0.15, -0.1) is 0 Å². The molecule has 2 aliphatic rings. The Bertz CT molecular complexity index is 1110. The van der Waals surface area contributed by atoms with Crippen LogP contribution in [-0.4, -0.2) is 29.8 Å². The van der Waals surface area contributed by atoms with Crippen molar-refractivity contribution in [3.05, 3.63) is 80.9 Å². The van der Waals surface area contributed by atoms with Crippen molar-refractivity contribution in [1.29, 1.82) is 0 Å². The first-order chi connectivity index (χ1) is 15.5. The number of methoxy groups -OCH3 is 1. The highest BCUT2D eigenvalue weighted by atomic mass is 79.9. The summed E-state index contributed by atoms with van der Waals surface area (Å²) in [4.78, 5) is 19.5. The number of nitrogens with zero attached hydrogens (tertiary/aromatic N) is 2. The van der Waals surface area contributed by atoms with Gasteiger partial charge in [0.2, 0.25) is 0 Å². The fraction of sp³-hybridized carbons (Fsp3) is 0.250. The van der Waals surface area contributed by atoms with Crippen molar-refractivity contribution in [3.63, 3.8) is 0 Å². The monoisotopic (exact) mass is 514 g/mol. The number of thioether (sulfide) groups is 1. The smallest absolute Gasteiger partial charge is 0.338 e. The number of allylic oxidation sites excluding steroid dienone is 1. The number of rotatable bonds is 7. The first kappa shape index (κ1) is 22.5. The predicted octanol–water partition coefficient (Wildman–Crippen LogP) is 5.80. The lowest BCUT2D eigenvalue weighted by atomic mass is 9.94. The molecule has 8 heteroatoms. The van der Waals surface area contributed by atoms with Crippen LogP contribution in [0.4, 0.5) is 0 Å². The molecule has 0 radical (unpaired) electrons. The molecule has 0 N–H and O–H groups in total. The maximum atomic E-state index is 12.9. The number of aliphatic imine (C=N–C) groups is 1. The van der Waals surface area contributed by atoms with Gasteiger partial charge in [-0.1, -0.05) is 42.1 Å². The Kier molecular flexibility index (Phi) is 6.91. The number of benzene rings is 2. The zero-order valence-electron chi connectivity index (χ0n) is 18.0. The van der Waals surface area contributed by atoms with Gasteiger partial charge in [0.25, 0.3) is 0 Å². The van der Waals surface area contributed by atoms with Gasteiger partial charge >= 0.3 is 5.97 Å². The number of amidine groups is 1. The first-order valence-electron chi connectivity index (χ1n) is 10.2. The molecule has 1 atom stereocenters. The van der Waals surface area contributed by atoms with Crippen LogP contribution in [0.2, 0.25) is 0 Å². The van der Waals surface area contributed by atoms with Gasteiger partial charge in [-0.05, 0) is 58.4 Å². The van der Waals surface area contributed by atoms with Gasteiger partial charge in [0.15, 0.2) is 16.7 Å². The molecule has 2 aliphatic heterocycles. The Labute approximate surface area is 200 Å². The number of fused-ring (bicyclic) bond motifs is 1. The quantitative estimate of drug-likeness (QED) is 0.434. The number of hydrogen-bond donors (Lipinski definition) is 0. The third-order valence-corrected chi connectivity index (χ3v) is 6.47. The number of carbonyl (C=O) groups is 1. The lowest BCUT2D eigenvalue weighted by Crippen LogP contribution is -2.34. The summed E-state index contributed by atoms with van der Waals surface area (Å²) in [6.07, 6.45) is 1.93. The molecular weight excluding hydrogens is 492 g/mol. The lowest BCUT2D eigenvalue weighted by Gasteiger charge is -2.33. The van der Waals surface area contributed by atoms with Crippen molar-refractivity contribution in [2.75, 3.05) is 13.7 Å². The van der Waals surface area contributed by atoms with Gasteiger partial charge in [0.05, 0.1) is 35.5 Å². The fourth-order valence-electron chi connectivity index (χ4n) is 3.67. The largest absolute Gasteiger partial charge is 0.493 e. The van der Waals surface area contributed by atoms with Crippen LogP contribution in [0.3, 0.4) is 0 Å². The first-order valence-corrected chi connectivity index (χ1v) is 11.8. The van der Waals surface area contributed by atoms with Crippen molar-refractivity contribution in [1.82, 2.24) is 4.90 Å². The van der Waals surface area contributed by atoms with E-state index in [9.17, 15) is 4.79 Å². The molecule has 2 aromatic rings. The van der Waals surface area contributed by atoms with E-state index in [1.807, 2.05) is 65.9 Å². The van der Waals surface area contributed by atoms with Crippen LogP contribution < -0.4 is 9.47 Å². The van der Waals surface area contributed by atoms with Crippen LogP contribution >= 0.6 is 27.7 Å². The van der Waals surface area contributed by atoms with E-state index in [2.05, 4.69) is 20.9 Å². The normalized spacial score (nSPS) is 17.2. The van der Waals surface area contributed by atoms with E-state index in [1.165, 1.54) is 11.8 Å². The van der Waals surface area contributed by atoms with E-state index in [4.69, 9.17) is 14.2 Å². The number of halogens is 1. The van der Waals surface area contributed by atoms with Crippen molar-refractivity contribution < 1.29 is 19.0 Å². The molecule has 0 amide bonds. The number of carbonyl (C=O) groups excluding carboxylic acids is 1. The zero-order chi connectivity index (χ0) is 22.7. The molecular formula is C24H23BrN2O4S. The molecule has 0 fully saturated rings. The van der Waals surface area contributed by atoms with Gasteiger partial charge in [-0.2, -0.15) is 0 Å². The van der Waals surface area contributed by atoms with Crippen LogP contribution in [-0.2, 0) is 16.1 Å². The molecule has 0 bridgehead atoms. The van der Waals surface area contributed by atoms with Gasteiger partial charge in [0.1, 0.15) is 6.61 Å². The summed E-state index contributed by atoms with van der Waals surface area (Å²) in [7, 11) is 1.60. The summed E-state index contributed by atoms with van der Waals surface area (Å²) in [5, 5.41) is 2.77. The lowest BCUT2D eigenvalue weighted by molar-refractivity contribution is -0.139. The van der Waals surface area contributed by atoms with E-state index in [1.54, 1.807) is 14.0 Å². The minimum absolute atomic E-state index is 0.294. The summed E-state index contributed by atoms with van der Waals surface area (Å²) in [6, 6.07) is 13.4. The third kappa shape index (κ3) is 4.42. The molecule has 0 saturated heterocycles. The summed E-state index contributed by atoms with van der Waals surface area (Å²) < 4.78 is 17.8. The average Bonchev–Trinajstić information content (AvgIpc) is 3.25. The molecule has 6 nitrogen and oxygen atoms in total. The van der Waals surface area contributed by atoms with Gasteiger partial charge in [0, 0.05) is 6.20 Å². The second-order valence-electron chi connectivity index (χ2n) is 7.14. The maximum Gasteiger partial charge on any atom is 0.338 e. The van der Waals surface area contributed by atoms with Crippen molar-refractivity contribution in [3.8, 4) is 11.5 Å². The molecule has 2 heterocycles. The van der Waals surface area contributed by atoms with E-state index in [-0.39, 0.29) is 12.0 Å². The minimum atomic E-state index is -0.388. The second-order valence-corrected chi connectivity index (χ2v) is 8.86. The van der Waals surface area contributed by atoms with E-state index in [0.29, 0.717) is 36.0 Å². The minimum Gasteiger partial charge on any atom is -0.493 e. The Hall–Kier alpha value is -2.71. The molecule has 4 rings (SSSR count). The fourth-order valence-corrected chi connectivity index (χ4v) is 5.03. The van der Waals surface area contributed by atoms with Crippen LogP contribution in [0, 0.1) is 0 Å². The molecule has 0 aromatic heterocycles. The summed E-state index contributed by atoms with van der Waals surface area (Å²) in [5.41, 5.74) is 3.08. The Balaban J connectivity index is 1.72. The SMILES string of the molecule is CCOC(=O)C1=C(C)N=C2SC=CN2[C@H]1c1cc(Br)c(OCc2ccccc2)c(OC)c1. The molecule has 0 spiro atoms. The molecule has 166 valence electrons. The van der Waals surface area contributed by atoms with Crippen LogP contribution in [0.15, 0.2) is 74.8 Å². The van der Waals surface area contributed by atoms with E-state index in [0.717, 1.165) is 20.8 Å². The molecule has 0 saturated carbocycles. The van der Waals surface area contributed by atoms with Gasteiger partial charge in [-0.3, -0.25) is 0 Å². The van der Waals surface area contributed by atoms with Gasteiger partial charge in [-0.25, -0.2) is 9.79 Å². The molecule has 32 heavy (non-hydrogen) atoms. The topological polar surface area (TPSA) is 60.4 Å². The molecule has 2 aromatic carbocycles. The van der Waals surface area contributed by atoms with E-state index < -0.39 is 0 Å². The number of ether oxygens (including phenoxy) is 3. The Morgan fingerprint density at radius 1 is 1.25 bits per heavy atom. The number of hydrogen-bond acceptors (Lipinski definition) is 7. The molecule has 0 unspecified atom stereocenters. The van der Waals surface area contributed by atoms with Crippen LogP contribution in [0.1, 0.15) is 31.0 Å². The highest BCUT2D eigenvalue weighted by Gasteiger charge is 2.38. The predicted molar refractivity (Wildman–Crippen MR) is 130 cm³/mol. The Morgan fingerprint density at radius 2 is 2.03 bits per heavy atom. The number of esters is 1. The third-order valence-electron chi connectivity index (χ3n) is 5.11. The van der Waals surface area contributed by atoms with Crippen LogP contribution in [0.25, 0.3) is 0 Å².